The van der Waals surface area contributed by atoms with Crippen LogP contribution >= 0.6 is 0 Å². The Balaban J connectivity index is 1.55. The van der Waals surface area contributed by atoms with E-state index in [0.717, 1.165) is 22.5 Å². The van der Waals surface area contributed by atoms with Gasteiger partial charge in [0.15, 0.2) is 17.6 Å². The highest BCUT2D eigenvalue weighted by atomic mass is 16.5. The van der Waals surface area contributed by atoms with Gasteiger partial charge in [-0.05, 0) is 49.7 Å². The van der Waals surface area contributed by atoms with Crippen LogP contribution in [0.3, 0.4) is 0 Å². The van der Waals surface area contributed by atoms with E-state index >= 15 is 0 Å². The van der Waals surface area contributed by atoms with Gasteiger partial charge in [-0.25, -0.2) is 4.98 Å². The second-order valence-corrected chi connectivity index (χ2v) is 7.04. The summed E-state index contributed by atoms with van der Waals surface area (Å²) >= 11 is 0. The number of benzene rings is 2. The average Bonchev–Trinajstić information content (AvgIpc) is 3.19. The summed E-state index contributed by atoms with van der Waals surface area (Å²) in [4.78, 5) is 17.5. The predicted octanol–water partition coefficient (Wildman–Crippen LogP) is 4.72. The third-order valence-corrected chi connectivity index (χ3v) is 4.82. The van der Waals surface area contributed by atoms with Gasteiger partial charge in [0.25, 0.3) is 5.91 Å². The zero-order chi connectivity index (χ0) is 21.1. The predicted molar refractivity (Wildman–Crippen MR) is 117 cm³/mol. The molecule has 0 bridgehead atoms. The molecule has 1 atom stereocenters. The van der Waals surface area contributed by atoms with E-state index in [2.05, 4.69) is 10.3 Å². The maximum Gasteiger partial charge on any atom is 0.265 e. The highest BCUT2D eigenvalue weighted by Crippen LogP contribution is 2.30. The van der Waals surface area contributed by atoms with Gasteiger partial charge in [0.05, 0.1) is 18.5 Å². The number of pyridine rings is 1. The summed E-state index contributed by atoms with van der Waals surface area (Å²) < 4.78 is 13.2. The second-order valence-electron chi connectivity index (χ2n) is 7.04. The van der Waals surface area contributed by atoms with E-state index in [1.807, 2.05) is 84.4 Å². The van der Waals surface area contributed by atoms with Crippen LogP contribution in [0.25, 0.3) is 16.9 Å². The quantitative estimate of drug-likeness (QED) is 0.508. The van der Waals surface area contributed by atoms with Crippen molar-refractivity contribution in [3.8, 4) is 22.8 Å². The number of aryl methyl sites for hydroxylation is 1. The Morgan fingerprint density at radius 1 is 1.07 bits per heavy atom. The third kappa shape index (κ3) is 3.98. The largest absolute Gasteiger partial charge is 0.493 e. The molecule has 4 rings (SSSR count). The molecule has 152 valence electrons. The van der Waals surface area contributed by atoms with Crippen molar-refractivity contribution in [3.63, 3.8) is 0 Å². The fourth-order valence-corrected chi connectivity index (χ4v) is 3.23. The Kier molecular flexibility index (Phi) is 5.39. The van der Waals surface area contributed by atoms with E-state index in [-0.39, 0.29) is 5.91 Å². The van der Waals surface area contributed by atoms with E-state index in [1.165, 1.54) is 0 Å². The molecule has 0 radical (unpaired) electrons. The molecule has 1 unspecified atom stereocenters. The fourth-order valence-electron chi connectivity index (χ4n) is 3.23. The molecular weight excluding hydrogens is 378 g/mol. The van der Waals surface area contributed by atoms with Crippen LogP contribution < -0.4 is 14.8 Å². The Bertz CT molecular complexity index is 1170. The second kappa shape index (κ2) is 8.29. The van der Waals surface area contributed by atoms with E-state index in [0.29, 0.717) is 17.2 Å². The number of carbonyl (C=O) groups is 1. The molecule has 0 spiro atoms. The number of hydrogen-bond acceptors (Lipinski definition) is 4. The normalized spacial score (nSPS) is 11.8. The average molecular weight is 401 g/mol. The van der Waals surface area contributed by atoms with Crippen molar-refractivity contribution in [3.05, 3.63) is 78.6 Å². The van der Waals surface area contributed by atoms with Gasteiger partial charge in [0.1, 0.15) is 5.65 Å². The first-order valence-electron chi connectivity index (χ1n) is 9.70. The van der Waals surface area contributed by atoms with Gasteiger partial charge < -0.3 is 19.2 Å². The summed E-state index contributed by atoms with van der Waals surface area (Å²) in [5.74, 6) is 0.868. The monoisotopic (exact) mass is 401 g/mol. The minimum absolute atomic E-state index is 0.256. The number of carbonyl (C=O) groups excluding carboxylic acids is 1. The highest BCUT2D eigenvalue weighted by molar-refractivity contribution is 5.97. The van der Waals surface area contributed by atoms with Gasteiger partial charge in [0.2, 0.25) is 0 Å². The lowest BCUT2D eigenvalue weighted by molar-refractivity contribution is -0.122. The summed E-state index contributed by atoms with van der Waals surface area (Å²) in [5, 5.41) is 2.97. The van der Waals surface area contributed by atoms with Gasteiger partial charge >= 0.3 is 0 Å². The van der Waals surface area contributed by atoms with Gasteiger partial charge in [-0.2, -0.15) is 0 Å². The number of aromatic nitrogens is 2. The summed E-state index contributed by atoms with van der Waals surface area (Å²) in [7, 11) is 1.58. The number of imidazole rings is 1. The van der Waals surface area contributed by atoms with Crippen molar-refractivity contribution in [2.45, 2.75) is 20.0 Å². The highest BCUT2D eigenvalue weighted by Gasteiger charge is 2.19. The summed E-state index contributed by atoms with van der Waals surface area (Å²) in [6, 6.07) is 19.0. The third-order valence-electron chi connectivity index (χ3n) is 4.82. The van der Waals surface area contributed by atoms with Crippen LogP contribution in [-0.4, -0.2) is 28.5 Å². The van der Waals surface area contributed by atoms with E-state index in [9.17, 15) is 4.79 Å². The van der Waals surface area contributed by atoms with Crippen LogP contribution in [0.2, 0.25) is 0 Å². The molecule has 6 heteroatoms. The van der Waals surface area contributed by atoms with Crippen LogP contribution in [0.1, 0.15) is 12.5 Å². The zero-order valence-electron chi connectivity index (χ0n) is 17.1. The first-order chi connectivity index (χ1) is 14.5. The number of methoxy groups -OCH3 is 1. The molecule has 30 heavy (non-hydrogen) atoms. The summed E-state index contributed by atoms with van der Waals surface area (Å²) in [5.41, 5.74) is 4.20. The van der Waals surface area contributed by atoms with Crippen molar-refractivity contribution < 1.29 is 14.3 Å². The van der Waals surface area contributed by atoms with Gasteiger partial charge in [-0.1, -0.05) is 30.3 Å². The van der Waals surface area contributed by atoms with Crippen LogP contribution in [-0.2, 0) is 4.79 Å². The Hall–Kier alpha value is -3.80. The van der Waals surface area contributed by atoms with Gasteiger partial charge in [-0.3, -0.25) is 4.79 Å². The number of ether oxygens (including phenoxy) is 2. The molecule has 0 saturated carbocycles. The number of amides is 1. The number of anilines is 1. The molecule has 6 nitrogen and oxygen atoms in total. The molecule has 2 heterocycles. The van der Waals surface area contributed by atoms with Crippen LogP contribution in [0.5, 0.6) is 11.5 Å². The molecule has 0 fully saturated rings. The number of rotatable bonds is 6. The van der Waals surface area contributed by atoms with Crippen molar-refractivity contribution in [1.29, 1.82) is 0 Å². The molecule has 1 N–H and O–H groups in total. The molecule has 2 aromatic heterocycles. The summed E-state index contributed by atoms with van der Waals surface area (Å²) in [6.45, 7) is 3.68. The SMILES string of the molecule is COc1cc(C)ccc1OC(C)C(=O)Nc1ccccc1-c1cn2ccccc2n1. The number of fused-ring (bicyclic) bond motifs is 1. The van der Waals surface area contributed by atoms with Gasteiger partial charge in [0, 0.05) is 18.0 Å². The van der Waals surface area contributed by atoms with Crippen LogP contribution in [0.15, 0.2) is 73.1 Å². The van der Waals surface area contributed by atoms with Crippen molar-refractivity contribution in [2.75, 3.05) is 12.4 Å². The molecule has 0 aliphatic rings. The van der Waals surface area contributed by atoms with Crippen molar-refractivity contribution in [2.24, 2.45) is 0 Å². The Morgan fingerprint density at radius 2 is 1.87 bits per heavy atom. The maximum atomic E-state index is 12.8. The minimum Gasteiger partial charge on any atom is -0.493 e. The zero-order valence-corrected chi connectivity index (χ0v) is 17.1. The fraction of sp³-hybridized carbons (Fsp3) is 0.167. The molecule has 4 aromatic rings. The standard InChI is InChI=1S/C24H23N3O3/c1-16-11-12-21(22(14-16)29-3)30-17(2)24(28)26-19-9-5-4-8-18(19)20-15-27-13-7-6-10-23(27)25-20/h4-15,17H,1-3H3,(H,26,28). The first kappa shape index (κ1) is 19.5. The number of nitrogens with one attached hydrogen (secondary N) is 1. The lowest BCUT2D eigenvalue weighted by Gasteiger charge is -2.18. The van der Waals surface area contributed by atoms with Crippen LogP contribution in [0.4, 0.5) is 5.69 Å². The van der Waals surface area contributed by atoms with Crippen molar-refractivity contribution >= 4 is 17.2 Å². The molecule has 0 aliphatic heterocycles. The lowest BCUT2D eigenvalue weighted by Crippen LogP contribution is -2.30. The maximum absolute atomic E-state index is 12.8. The minimum atomic E-state index is -0.712. The number of nitrogens with zero attached hydrogens (tertiary/aromatic N) is 2. The lowest BCUT2D eigenvalue weighted by atomic mass is 10.1. The molecule has 0 aliphatic carbocycles. The topological polar surface area (TPSA) is 64.9 Å². The molecular formula is C24H23N3O3. The van der Waals surface area contributed by atoms with E-state index < -0.39 is 6.10 Å². The smallest absolute Gasteiger partial charge is 0.265 e. The van der Waals surface area contributed by atoms with E-state index in [1.54, 1.807) is 14.0 Å². The molecule has 2 aromatic carbocycles. The number of hydrogen-bond donors (Lipinski definition) is 1. The first-order valence-corrected chi connectivity index (χ1v) is 9.70. The summed E-state index contributed by atoms with van der Waals surface area (Å²) in [6.07, 6.45) is 3.17. The van der Waals surface area contributed by atoms with Crippen LogP contribution in [0, 0.1) is 6.92 Å². The Labute approximate surface area is 175 Å². The van der Waals surface area contributed by atoms with E-state index in [4.69, 9.17) is 9.47 Å². The Morgan fingerprint density at radius 3 is 2.67 bits per heavy atom. The molecule has 1 amide bonds. The van der Waals surface area contributed by atoms with Gasteiger partial charge in [-0.15, -0.1) is 0 Å². The molecule has 0 saturated heterocycles. The van der Waals surface area contributed by atoms with Crippen molar-refractivity contribution in [1.82, 2.24) is 9.38 Å². The number of para-hydroxylation sites is 1.